The molecule has 1 atom stereocenters. The number of carbonyl (C=O) groups is 1. The molecule has 0 amide bonds. The molecule has 0 saturated carbocycles. The minimum absolute atomic E-state index is 0.261. The van der Waals surface area contributed by atoms with Gasteiger partial charge in [0, 0.05) is 5.56 Å². The molecule has 0 aliphatic heterocycles. The van der Waals surface area contributed by atoms with E-state index in [1.807, 2.05) is 22.6 Å². The maximum Gasteiger partial charge on any atom is 0.514 e. The third-order valence-corrected chi connectivity index (χ3v) is 4.17. The van der Waals surface area contributed by atoms with Gasteiger partial charge < -0.3 is 19.3 Å². The van der Waals surface area contributed by atoms with E-state index >= 15 is 0 Å². The van der Waals surface area contributed by atoms with Crippen LogP contribution < -0.4 is 9.47 Å². The highest BCUT2D eigenvalue weighted by Crippen LogP contribution is 2.40. The maximum absolute atomic E-state index is 11.9. The van der Waals surface area contributed by atoms with Crippen LogP contribution in [0.5, 0.6) is 11.5 Å². The zero-order chi connectivity index (χ0) is 16.4. The lowest BCUT2D eigenvalue weighted by Crippen LogP contribution is -2.26. The van der Waals surface area contributed by atoms with Crippen molar-refractivity contribution in [2.45, 2.75) is 39.4 Å². The molecule has 1 aromatic carbocycles. The summed E-state index contributed by atoms with van der Waals surface area (Å²) in [5.41, 5.74) is -0.142. The van der Waals surface area contributed by atoms with E-state index in [0.29, 0.717) is 14.9 Å². The first kappa shape index (κ1) is 18.8. The highest BCUT2D eigenvalue weighted by molar-refractivity contribution is 14.1. The standard InChI is InChI=1S/C14H18I2O5/c1-7(17)8-6-9(15)12(19-5)10(16)11(8)20-13(18)21-14(2,3)4/h6-7,17H,1-5H3. The largest absolute Gasteiger partial charge is 0.514 e. The van der Waals surface area contributed by atoms with Crippen molar-refractivity contribution in [2.24, 2.45) is 0 Å². The summed E-state index contributed by atoms with van der Waals surface area (Å²) in [4.78, 5) is 11.9. The molecule has 21 heavy (non-hydrogen) atoms. The summed E-state index contributed by atoms with van der Waals surface area (Å²) >= 11 is 4.13. The second-order valence-corrected chi connectivity index (χ2v) is 7.61. The highest BCUT2D eigenvalue weighted by atomic mass is 127. The fourth-order valence-corrected chi connectivity index (χ4v) is 3.83. The molecule has 5 nitrogen and oxygen atoms in total. The van der Waals surface area contributed by atoms with Crippen molar-refractivity contribution >= 4 is 51.3 Å². The average molecular weight is 520 g/mol. The van der Waals surface area contributed by atoms with Crippen LogP contribution >= 0.6 is 45.2 Å². The number of methoxy groups -OCH3 is 1. The van der Waals surface area contributed by atoms with Crippen LogP contribution in [0.3, 0.4) is 0 Å². The minimum Gasteiger partial charge on any atom is -0.494 e. The Morgan fingerprint density at radius 2 is 1.86 bits per heavy atom. The molecule has 0 bridgehead atoms. The van der Waals surface area contributed by atoms with Crippen molar-refractivity contribution in [3.05, 3.63) is 18.8 Å². The Balaban J connectivity index is 3.23. The summed E-state index contributed by atoms with van der Waals surface area (Å²) in [7, 11) is 1.54. The van der Waals surface area contributed by atoms with Gasteiger partial charge in [-0.3, -0.25) is 0 Å². The average Bonchev–Trinajstić information content (AvgIpc) is 2.30. The number of benzene rings is 1. The van der Waals surface area contributed by atoms with E-state index < -0.39 is 17.9 Å². The SMILES string of the molecule is COc1c(I)cc(C(C)O)c(OC(=O)OC(C)(C)C)c1I. The lowest BCUT2D eigenvalue weighted by Gasteiger charge is -2.21. The van der Waals surface area contributed by atoms with Gasteiger partial charge in [-0.2, -0.15) is 0 Å². The molecule has 0 fully saturated rings. The van der Waals surface area contributed by atoms with E-state index in [1.54, 1.807) is 40.9 Å². The van der Waals surface area contributed by atoms with Gasteiger partial charge in [-0.1, -0.05) is 0 Å². The molecule has 0 aromatic heterocycles. The second-order valence-electron chi connectivity index (χ2n) is 5.37. The molecule has 7 heteroatoms. The fraction of sp³-hybridized carbons (Fsp3) is 0.500. The quantitative estimate of drug-likeness (QED) is 0.367. The summed E-state index contributed by atoms with van der Waals surface area (Å²) in [5, 5.41) is 9.88. The number of aliphatic hydroxyl groups excluding tert-OH is 1. The minimum atomic E-state index is -0.814. The predicted octanol–water partition coefficient (Wildman–Crippen LogP) is 4.27. The third kappa shape index (κ3) is 5.13. The molecular weight excluding hydrogens is 502 g/mol. The van der Waals surface area contributed by atoms with Crippen LogP contribution in [-0.2, 0) is 4.74 Å². The van der Waals surface area contributed by atoms with Crippen molar-refractivity contribution in [3.63, 3.8) is 0 Å². The number of carbonyl (C=O) groups excluding carboxylic acids is 1. The summed E-state index contributed by atoms with van der Waals surface area (Å²) in [5.74, 6) is 0.858. The van der Waals surface area contributed by atoms with Crippen molar-refractivity contribution in [1.82, 2.24) is 0 Å². The maximum atomic E-state index is 11.9. The van der Waals surface area contributed by atoms with E-state index in [0.717, 1.165) is 3.57 Å². The van der Waals surface area contributed by atoms with E-state index in [4.69, 9.17) is 14.2 Å². The van der Waals surface area contributed by atoms with Crippen LogP contribution in [-0.4, -0.2) is 24.0 Å². The summed E-state index contributed by atoms with van der Waals surface area (Å²) in [6.45, 7) is 6.87. The number of halogens is 2. The van der Waals surface area contributed by atoms with Gasteiger partial charge in [0.1, 0.15) is 11.4 Å². The summed E-state index contributed by atoms with van der Waals surface area (Å²) in [6.07, 6.45) is -1.60. The topological polar surface area (TPSA) is 65.0 Å². The zero-order valence-corrected chi connectivity index (χ0v) is 16.8. The van der Waals surface area contributed by atoms with E-state index in [1.165, 1.54) is 0 Å². The molecule has 1 N–H and O–H groups in total. The third-order valence-electron chi connectivity index (χ3n) is 2.39. The first-order chi connectivity index (χ1) is 9.56. The van der Waals surface area contributed by atoms with Gasteiger partial charge in [-0.25, -0.2) is 4.79 Å². The molecule has 1 rings (SSSR count). The van der Waals surface area contributed by atoms with E-state index in [9.17, 15) is 9.90 Å². The Morgan fingerprint density at radius 3 is 2.29 bits per heavy atom. The van der Waals surface area contributed by atoms with Gasteiger partial charge in [0.15, 0.2) is 5.75 Å². The van der Waals surface area contributed by atoms with E-state index in [2.05, 4.69) is 22.6 Å². The van der Waals surface area contributed by atoms with Crippen LogP contribution in [0.2, 0.25) is 0 Å². The zero-order valence-electron chi connectivity index (χ0n) is 12.5. The number of rotatable bonds is 3. The molecule has 0 aliphatic rings. The Kier molecular flexibility index (Phi) is 6.54. The van der Waals surface area contributed by atoms with Crippen molar-refractivity contribution < 1.29 is 24.1 Å². The van der Waals surface area contributed by atoms with E-state index in [-0.39, 0.29) is 5.75 Å². The Hall–Kier alpha value is -0.290. The first-order valence-corrected chi connectivity index (χ1v) is 8.37. The van der Waals surface area contributed by atoms with Gasteiger partial charge in [0.25, 0.3) is 0 Å². The Bertz CT molecular complexity index is 535. The number of hydrogen-bond donors (Lipinski definition) is 1. The van der Waals surface area contributed by atoms with Crippen molar-refractivity contribution in [2.75, 3.05) is 7.11 Å². The smallest absolute Gasteiger partial charge is 0.494 e. The lowest BCUT2D eigenvalue weighted by atomic mass is 10.1. The molecule has 1 unspecified atom stereocenters. The molecular formula is C14H18I2O5. The van der Waals surface area contributed by atoms with Crippen LogP contribution in [0.1, 0.15) is 39.4 Å². The number of aliphatic hydroxyl groups is 1. The van der Waals surface area contributed by atoms with Gasteiger partial charge >= 0.3 is 6.16 Å². The van der Waals surface area contributed by atoms with Crippen molar-refractivity contribution in [3.8, 4) is 11.5 Å². The summed E-state index contributed by atoms with van der Waals surface area (Å²) in [6, 6.07) is 1.73. The number of ether oxygens (including phenoxy) is 3. The lowest BCUT2D eigenvalue weighted by molar-refractivity contribution is 0.0198. The molecule has 0 saturated heterocycles. The molecule has 118 valence electrons. The molecule has 1 aromatic rings. The molecule has 0 heterocycles. The van der Waals surface area contributed by atoms with Crippen LogP contribution in [0.25, 0.3) is 0 Å². The Morgan fingerprint density at radius 1 is 1.29 bits per heavy atom. The molecule has 0 radical (unpaired) electrons. The highest BCUT2D eigenvalue weighted by Gasteiger charge is 2.25. The van der Waals surface area contributed by atoms with Crippen LogP contribution in [0, 0.1) is 7.14 Å². The van der Waals surface area contributed by atoms with Gasteiger partial charge in [0.05, 0.1) is 20.4 Å². The second kappa shape index (κ2) is 7.32. The molecule has 0 aliphatic carbocycles. The first-order valence-electron chi connectivity index (χ1n) is 6.21. The van der Waals surface area contributed by atoms with Crippen LogP contribution in [0.4, 0.5) is 4.79 Å². The van der Waals surface area contributed by atoms with Gasteiger partial charge in [-0.15, -0.1) is 0 Å². The predicted molar refractivity (Wildman–Crippen MR) is 95.9 cm³/mol. The van der Waals surface area contributed by atoms with Crippen LogP contribution in [0.15, 0.2) is 6.07 Å². The normalized spacial score (nSPS) is 12.8. The Labute approximate surface area is 151 Å². The monoisotopic (exact) mass is 520 g/mol. The molecule has 0 spiro atoms. The van der Waals surface area contributed by atoms with Crippen molar-refractivity contribution in [1.29, 1.82) is 0 Å². The summed E-state index contributed by atoms with van der Waals surface area (Å²) < 4.78 is 17.2. The van der Waals surface area contributed by atoms with Gasteiger partial charge in [0.2, 0.25) is 0 Å². The van der Waals surface area contributed by atoms with Gasteiger partial charge in [-0.05, 0) is 78.9 Å². The number of hydrogen-bond acceptors (Lipinski definition) is 5. The fourth-order valence-electron chi connectivity index (χ4n) is 1.56.